The van der Waals surface area contributed by atoms with E-state index < -0.39 is 11.6 Å². The van der Waals surface area contributed by atoms with Gasteiger partial charge in [0.25, 0.3) is 0 Å². The minimum Gasteiger partial charge on any atom is -0.366 e. The van der Waals surface area contributed by atoms with Gasteiger partial charge < -0.3 is 19.5 Å². The first-order chi connectivity index (χ1) is 11.5. The lowest BCUT2D eigenvalue weighted by Crippen LogP contribution is -2.47. The van der Waals surface area contributed by atoms with Crippen LogP contribution in [0.25, 0.3) is 0 Å². The highest BCUT2D eigenvalue weighted by molar-refractivity contribution is 5.74. The predicted octanol–water partition coefficient (Wildman–Crippen LogP) is 1.38. The standard InChI is InChI=1S/C15H17F2N5O2/c1-21-9-19-20-14(21)13-8-22(4-5-24-13)15(23)18-7-10-2-3-11(16)12(17)6-10/h2-3,6,9,13H,4-5,7-8H2,1H3,(H,18,23). The van der Waals surface area contributed by atoms with E-state index in [9.17, 15) is 13.6 Å². The Labute approximate surface area is 137 Å². The van der Waals surface area contributed by atoms with Crippen molar-refractivity contribution in [2.24, 2.45) is 7.05 Å². The highest BCUT2D eigenvalue weighted by Gasteiger charge is 2.28. The van der Waals surface area contributed by atoms with Gasteiger partial charge in [-0.25, -0.2) is 13.6 Å². The molecule has 3 rings (SSSR count). The Balaban J connectivity index is 1.58. The molecular weight excluding hydrogens is 320 g/mol. The van der Waals surface area contributed by atoms with Crippen LogP contribution < -0.4 is 5.32 Å². The second-order valence-corrected chi connectivity index (χ2v) is 5.51. The number of nitrogens with one attached hydrogen (secondary N) is 1. The molecule has 2 heterocycles. The molecule has 1 aliphatic heterocycles. The van der Waals surface area contributed by atoms with E-state index in [0.717, 1.165) is 12.1 Å². The number of amides is 2. The lowest BCUT2D eigenvalue weighted by molar-refractivity contribution is -0.0214. The summed E-state index contributed by atoms with van der Waals surface area (Å²) >= 11 is 0. The molecule has 1 unspecified atom stereocenters. The highest BCUT2D eigenvalue weighted by Crippen LogP contribution is 2.19. The topological polar surface area (TPSA) is 72.3 Å². The van der Waals surface area contributed by atoms with Crippen LogP contribution in [0.5, 0.6) is 0 Å². The van der Waals surface area contributed by atoms with Crippen LogP contribution in [0, 0.1) is 11.6 Å². The Bertz CT molecular complexity index is 736. The molecule has 0 saturated carbocycles. The summed E-state index contributed by atoms with van der Waals surface area (Å²) in [5.74, 6) is -1.20. The van der Waals surface area contributed by atoms with E-state index in [0.29, 0.717) is 31.1 Å². The SMILES string of the molecule is Cn1cnnc1C1CN(C(=O)NCc2ccc(F)c(F)c2)CCO1. The van der Waals surface area contributed by atoms with Crippen molar-refractivity contribution in [3.63, 3.8) is 0 Å². The fraction of sp³-hybridized carbons (Fsp3) is 0.400. The molecule has 2 amide bonds. The molecule has 1 aliphatic rings. The number of nitrogens with zero attached hydrogens (tertiary/aromatic N) is 4. The molecule has 1 aromatic heterocycles. The van der Waals surface area contributed by atoms with Crippen molar-refractivity contribution in [2.45, 2.75) is 12.6 Å². The molecule has 1 fully saturated rings. The van der Waals surface area contributed by atoms with E-state index >= 15 is 0 Å². The Kier molecular flexibility index (Phi) is 4.70. The number of rotatable bonds is 3. The van der Waals surface area contributed by atoms with Crippen molar-refractivity contribution >= 4 is 6.03 Å². The molecule has 0 spiro atoms. The van der Waals surface area contributed by atoms with Gasteiger partial charge in [0.1, 0.15) is 12.4 Å². The third-order valence-electron chi connectivity index (χ3n) is 3.82. The summed E-state index contributed by atoms with van der Waals surface area (Å²) in [6.45, 7) is 1.28. The Morgan fingerprint density at radius 2 is 2.25 bits per heavy atom. The van der Waals surface area contributed by atoms with Crippen LogP contribution in [-0.2, 0) is 18.3 Å². The third kappa shape index (κ3) is 3.51. The number of hydrogen-bond acceptors (Lipinski definition) is 4. The number of ether oxygens (including phenoxy) is 1. The average molecular weight is 337 g/mol. The normalized spacial score (nSPS) is 17.8. The van der Waals surface area contributed by atoms with Crippen LogP contribution in [0.3, 0.4) is 0 Å². The summed E-state index contributed by atoms with van der Waals surface area (Å²) in [5, 5.41) is 10.5. The molecular formula is C15H17F2N5O2. The van der Waals surface area contributed by atoms with E-state index in [1.54, 1.807) is 22.8 Å². The van der Waals surface area contributed by atoms with Crippen molar-refractivity contribution in [1.29, 1.82) is 0 Å². The Morgan fingerprint density at radius 1 is 1.42 bits per heavy atom. The van der Waals surface area contributed by atoms with Gasteiger partial charge >= 0.3 is 6.03 Å². The van der Waals surface area contributed by atoms with E-state index in [2.05, 4.69) is 15.5 Å². The summed E-state index contributed by atoms with van der Waals surface area (Å²) < 4.78 is 33.5. The summed E-state index contributed by atoms with van der Waals surface area (Å²) in [6.07, 6.45) is 1.22. The van der Waals surface area contributed by atoms with Gasteiger partial charge in [0, 0.05) is 20.1 Å². The van der Waals surface area contributed by atoms with Crippen molar-refractivity contribution in [3.05, 3.63) is 47.5 Å². The first-order valence-corrected chi connectivity index (χ1v) is 7.47. The minimum atomic E-state index is -0.935. The average Bonchev–Trinajstić information content (AvgIpc) is 3.02. The summed E-state index contributed by atoms with van der Waals surface area (Å²) in [4.78, 5) is 13.9. The third-order valence-corrected chi connectivity index (χ3v) is 3.82. The number of aromatic nitrogens is 3. The number of halogens is 2. The van der Waals surface area contributed by atoms with Crippen LogP contribution in [0.1, 0.15) is 17.5 Å². The van der Waals surface area contributed by atoms with Crippen molar-refractivity contribution in [3.8, 4) is 0 Å². The van der Waals surface area contributed by atoms with Gasteiger partial charge in [-0.05, 0) is 17.7 Å². The first kappa shape index (κ1) is 16.3. The zero-order chi connectivity index (χ0) is 17.1. The van der Waals surface area contributed by atoms with Gasteiger partial charge in [-0.1, -0.05) is 6.07 Å². The fourth-order valence-electron chi connectivity index (χ4n) is 2.51. The smallest absolute Gasteiger partial charge is 0.317 e. The van der Waals surface area contributed by atoms with Crippen LogP contribution in [-0.4, -0.2) is 45.4 Å². The van der Waals surface area contributed by atoms with E-state index in [-0.39, 0.29) is 18.7 Å². The van der Waals surface area contributed by atoms with Gasteiger partial charge in [-0.2, -0.15) is 0 Å². The first-order valence-electron chi connectivity index (χ1n) is 7.47. The highest BCUT2D eigenvalue weighted by atomic mass is 19.2. The molecule has 1 atom stereocenters. The van der Waals surface area contributed by atoms with Gasteiger partial charge in [-0.3, -0.25) is 0 Å². The minimum absolute atomic E-state index is 0.113. The fourth-order valence-corrected chi connectivity index (χ4v) is 2.51. The number of aryl methyl sites for hydroxylation is 1. The predicted molar refractivity (Wildman–Crippen MR) is 79.9 cm³/mol. The van der Waals surface area contributed by atoms with Crippen LogP contribution in [0.4, 0.5) is 13.6 Å². The van der Waals surface area contributed by atoms with Gasteiger partial charge in [0.05, 0.1) is 13.2 Å². The zero-order valence-electron chi connectivity index (χ0n) is 13.1. The zero-order valence-corrected chi connectivity index (χ0v) is 13.1. The molecule has 7 nitrogen and oxygen atoms in total. The lowest BCUT2D eigenvalue weighted by atomic mass is 10.2. The van der Waals surface area contributed by atoms with Gasteiger partial charge in [0.2, 0.25) is 0 Å². The molecule has 0 aliphatic carbocycles. The molecule has 0 radical (unpaired) electrons. The van der Waals surface area contributed by atoms with Crippen molar-refractivity contribution < 1.29 is 18.3 Å². The van der Waals surface area contributed by atoms with Crippen molar-refractivity contribution in [1.82, 2.24) is 25.0 Å². The lowest BCUT2D eigenvalue weighted by Gasteiger charge is -2.32. The van der Waals surface area contributed by atoms with Crippen LogP contribution in [0.15, 0.2) is 24.5 Å². The molecule has 128 valence electrons. The Hall–Kier alpha value is -2.55. The monoisotopic (exact) mass is 337 g/mol. The van der Waals surface area contributed by atoms with Gasteiger partial charge in [-0.15, -0.1) is 10.2 Å². The molecule has 1 N–H and O–H groups in total. The quantitative estimate of drug-likeness (QED) is 0.918. The molecule has 0 bridgehead atoms. The number of urea groups is 1. The summed E-state index contributed by atoms with van der Waals surface area (Å²) in [6, 6.07) is 3.24. The van der Waals surface area contributed by atoms with Crippen molar-refractivity contribution in [2.75, 3.05) is 19.7 Å². The van der Waals surface area contributed by atoms with E-state index in [1.165, 1.54) is 6.07 Å². The number of benzene rings is 1. The number of hydrogen-bond donors (Lipinski definition) is 1. The second-order valence-electron chi connectivity index (χ2n) is 5.51. The molecule has 1 aromatic carbocycles. The summed E-state index contributed by atoms with van der Waals surface area (Å²) in [7, 11) is 1.81. The molecule has 24 heavy (non-hydrogen) atoms. The summed E-state index contributed by atoms with van der Waals surface area (Å²) in [5.41, 5.74) is 0.486. The van der Waals surface area contributed by atoms with Gasteiger partial charge in [0.15, 0.2) is 17.5 Å². The van der Waals surface area contributed by atoms with Crippen LogP contribution in [0.2, 0.25) is 0 Å². The second kappa shape index (κ2) is 6.91. The molecule has 2 aromatic rings. The van der Waals surface area contributed by atoms with E-state index in [1.807, 2.05) is 0 Å². The van der Waals surface area contributed by atoms with Crippen LogP contribution >= 0.6 is 0 Å². The van der Waals surface area contributed by atoms with E-state index in [4.69, 9.17) is 4.74 Å². The number of morpholine rings is 1. The maximum absolute atomic E-state index is 13.2. The molecule has 9 heteroatoms. The number of carbonyl (C=O) groups is 1. The molecule has 1 saturated heterocycles. The maximum atomic E-state index is 13.2. The largest absolute Gasteiger partial charge is 0.366 e. The Morgan fingerprint density at radius 3 is 2.96 bits per heavy atom. The number of carbonyl (C=O) groups excluding carboxylic acids is 1. The maximum Gasteiger partial charge on any atom is 0.317 e.